The zero-order chi connectivity index (χ0) is 13.8. The molecule has 2 aromatic rings. The Bertz CT molecular complexity index is 531. The Morgan fingerprint density at radius 2 is 1.63 bits per heavy atom. The van der Waals surface area contributed by atoms with E-state index < -0.39 is 0 Å². The summed E-state index contributed by atoms with van der Waals surface area (Å²) in [6.45, 7) is 6.64. The molecule has 100 valence electrons. The van der Waals surface area contributed by atoms with Gasteiger partial charge in [0.05, 0.1) is 0 Å². The van der Waals surface area contributed by atoms with Gasteiger partial charge < -0.3 is 5.32 Å². The van der Waals surface area contributed by atoms with Crippen molar-refractivity contribution in [3.05, 3.63) is 70.8 Å². The van der Waals surface area contributed by atoms with E-state index in [1.807, 2.05) is 7.05 Å². The highest BCUT2D eigenvalue weighted by Gasteiger charge is 2.20. The normalized spacial score (nSPS) is 14.1. The highest BCUT2D eigenvalue weighted by molar-refractivity contribution is 5.36. The van der Waals surface area contributed by atoms with Crippen molar-refractivity contribution in [1.82, 2.24) is 5.32 Å². The predicted molar refractivity (Wildman–Crippen MR) is 82.6 cm³/mol. The zero-order valence-corrected chi connectivity index (χ0v) is 12.3. The maximum atomic E-state index is 3.48. The largest absolute Gasteiger partial charge is 0.312 e. The molecule has 0 aliphatic heterocycles. The van der Waals surface area contributed by atoms with E-state index >= 15 is 0 Å². The van der Waals surface area contributed by atoms with Gasteiger partial charge in [0.1, 0.15) is 0 Å². The highest BCUT2D eigenvalue weighted by atomic mass is 14.9. The Balaban J connectivity index is 2.37. The summed E-state index contributed by atoms with van der Waals surface area (Å²) in [6.07, 6.45) is 0. The molecule has 0 aliphatic carbocycles. The van der Waals surface area contributed by atoms with Gasteiger partial charge in [0, 0.05) is 12.0 Å². The van der Waals surface area contributed by atoms with Crippen LogP contribution in [0.3, 0.4) is 0 Å². The lowest BCUT2D eigenvalue weighted by molar-refractivity contribution is 0.505. The third-order valence-corrected chi connectivity index (χ3v) is 3.91. The van der Waals surface area contributed by atoms with Crippen molar-refractivity contribution in [3.8, 4) is 0 Å². The lowest BCUT2D eigenvalue weighted by atomic mass is 9.86. The molecule has 0 aromatic heterocycles. The molecule has 0 saturated heterocycles. The third kappa shape index (κ3) is 3.05. The van der Waals surface area contributed by atoms with Crippen LogP contribution in [-0.4, -0.2) is 7.05 Å². The summed E-state index contributed by atoms with van der Waals surface area (Å²) >= 11 is 0. The van der Waals surface area contributed by atoms with Crippen LogP contribution in [0.25, 0.3) is 0 Å². The van der Waals surface area contributed by atoms with Crippen molar-refractivity contribution in [2.75, 3.05) is 7.05 Å². The van der Waals surface area contributed by atoms with Gasteiger partial charge in [0.25, 0.3) is 0 Å². The van der Waals surface area contributed by atoms with Crippen molar-refractivity contribution in [3.63, 3.8) is 0 Å². The zero-order valence-electron chi connectivity index (χ0n) is 12.3. The van der Waals surface area contributed by atoms with Gasteiger partial charge in [-0.1, -0.05) is 61.0 Å². The van der Waals surface area contributed by atoms with Crippen LogP contribution in [0.2, 0.25) is 0 Å². The summed E-state index contributed by atoms with van der Waals surface area (Å²) in [5.74, 6) is 0.451. The van der Waals surface area contributed by atoms with Gasteiger partial charge >= 0.3 is 0 Å². The van der Waals surface area contributed by atoms with Crippen LogP contribution in [0, 0.1) is 13.8 Å². The molecule has 1 nitrogen and oxygen atoms in total. The average molecular weight is 253 g/mol. The van der Waals surface area contributed by atoms with E-state index in [2.05, 4.69) is 74.6 Å². The summed E-state index contributed by atoms with van der Waals surface area (Å²) < 4.78 is 0. The van der Waals surface area contributed by atoms with Gasteiger partial charge in [0.2, 0.25) is 0 Å². The van der Waals surface area contributed by atoms with Gasteiger partial charge in [-0.25, -0.2) is 0 Å². The number of hydrogen-bond acceptors (Lipinski definition) is 1. The first-order chi connectivity index (χ1) is 9.13. The number of rotatable bonds is 4. The Morgan fingerprint density at radius 3 is 2.26 bits per heavy atom. The Kier molecular flexibility index (Phi) is 4.39. The SMILES string of the molecule is CNC(c1cc(C)ccc1C)C(C)c1ccccc1. The summed E-state index contributed by atoms with van der Waals surface area (Å²) in [5.41, 5.74) is 5.45. The van der Waals surface area contributed by atoms with Gasteiger partial charge in [-0.3, -0.25) is 0 Å². The smallest absolute Gasteiger partial charge is 0.0387 e. The van der Waals surface area contributed by atoms with Crippen molar-refractivity contribution >= 4 is 0 Å². The van der Waals surface area contributed by atoms with E-state index in [0.717, 1.165) is 0 Å². The van der Waals surface area contributed by atoms with Crippen LogP contribution in [0.5, 0.6) is 0 Å². The molecule has 2 rings (SSSR count). The predicted octanol–water partition coefficient (Wildman–Crippen LogP) is 4.37. The third-order valence-electron chi connectivity index (χ3n) is 3.91. The van der Waals surface area contributed by atoms with Crippen molar-refractivity contribution < 1.29 is 0 Å². The molecular formula is C18H23N. The number of likely N-dealkylation sites (N-methyl/N-ethyl adjacent to an activating group) is 1. The summed E-state index contributed by atoms with van der Waals surface area (Å²) in [7, 11) is 2.05. The van der Waals surface area contributed by atoms with Crippen molar-refractivity contribution in [2.45, 2.75) is 32.7 Å². The van der Waals surface area contributed by atoms with E-state index in [9.17, 15) is 0 Å². The molecule has 2 atom stereocenters. The fourth-order valence-electron chi connectivity index (χ4n) is 2.72. The van der Waals surface area contributed by atoms with Crippen LogP contribution >= 0.6 is 0 Å². The monoisotopic (exact) mass is 253 g/mol. The van der Waals surface area contributed by atoms with Crippen LogP contribution in [0.1, 0.15) is 41.1 Å². The summed E-state index contributed by atoms with van der Waals surface area (Å²) in [4.78, 5) is 0. The minimum Gasteiger partial charge on any atom is -0.312 e. The lowest BCUT2D eigenvalue weighted by Crippen LogP contribution is -2.23. The van der Waals surface area contributed by atoms with E-state index in [1.54, 1.807) is 0 Å². The molecule has 0 fully saturated rings. The Labute approximate surface area is 116 Å². The van der Waals surface area contributed by atoms with Crippen molar-refractivity contribution in [1.29, 1.82) is 0 Å². The fourth-order valence-corrected chi connectivity index (χ4v) is 2.72. The van der Waals surface area contributed by atoms with Gasteiger partial charge in [-0.2, -0.15) is 0 Å². The molecule has 0 amide bonds. The number of hydrogen-bond donors (Lipinski definition) is 1. The molecule has 0 heterocycles. The number of benzene rings is 2. The van der Waals surface area contributed by atoms with Crippen LogP contribution < -0.4 is 5.32 Å². The average Bonchev–Trinajstić information content (AvgIpc) is 2.44. The fraction of sp³-hybridized carbons (Fsp3) is 0.333. The molecule has 19 heavy (non-hydrogen) atoms. The molecule has 0 saturated carbocycles. The first kappa shape index (κ1) is 13.8. The summed E-state index contributed by atoms with van der Waals surface area (Å²) in [6, 6.07) is 17.8. The molecule has 0 bridgehead atoms. The lowest BCUT2D eigenvalue weighted by Gasteiger charge is -2.26. The van der Waals surface area contributed by atoms with Crippen molar-refractivity contribution in [2.24, 2.45) is 0 Å². The molecular weight excluding hydrogens is 230 g/mol. The first-order valence-electron chi connectivity index (χ1n) is 6.93. The second-order valence-corrected chi connectivity index (χ2v) is 5.33. The molecule has 1 heteroatoms. The van der Waals surface area contributed by atoms with Gasteiger partial charge in [-0.15, -0.1) is 0 Å². The van der Waals surface area contributed by atoms with E-state index in [0.29, 0.717) is 12.0 Å². The van der Waals surface area contributed by atoms with E-state index in [-0.39, 0.29) is 0 Å². The molecule has 0 aliphatic rings. The topological polar surface area (TPSA) is 12.0 Å². The van der Waals surface area contributed by atoms with Gasteiger partial charge in [0.15, 0.2) is 0 Å². The minimum absolute atomic E-state index is 0.349. The molecule has 0 radical (unpaired) electrons. The Hall–Kier alpha value is -1.60. The standard InChI is InChI=1S/C18H23N/c1-13-10-11-14(2)17(12-13)18(19-4)15(3)16-8-6-5-7-9-16/h5-12,15,18-19H,1-4H3. The van der Waals surface area contributed by atoms with E-state index in [1.165, 1.54) is 22.3 Å². The maximum Gasteiger partial charge on any atom is 0.0387 e. The highest BCUT2D eigenvalue weighted by Crippen LogP contribution is 2.32. The van der Waals surface area contributed by atoms with Gasteiger partial charge in [-0.05, 0) is 37.6 Å². The molecule has 0 spiro atoms. The molecule has 2 aromatic carbocycles. The maximum absolute atomic E-state index is 3.48. The molecule has 2 unspecified atom stereocenters. The quantitative estimate of drug-likeness (QED) is 0.853. The first-order valence-corrected chi connectivity index (χ1v) is 6.93. The number of nitrogens with one attached hydrogen (secondary N) is 1. The number of aryl methyl sites for hydroxylation is 2. The second-order valence-electron chi connectivity index (χ2n) is 5.33. The van der Waals surface area contributed by atoms with E-state index in [4.69, 9.17) is 0 Å². The molecule has 1 N–H and O–H groups in total. The Morgan fingerprint density at radius 1 is 0.947 bits per heavy atom. The van der Waals surface area contributed by atoms with Crippen LogP contribution in [0.15, 0.2) is 48.5 Å². The van der Waals surface area contributed by atoms with Crippen LogP contribution in [0.4, 0.5) is 0 Å². The minimum atomic E-state index is 0.349. The van der Waals surface area contributed by atoms with Crippen LogP contribution in [-0.2, 0) is 0 Å². The summed E-state index contributed by atoms with van der Waals surface area (Å²) in [5, 5.41) is 3.48. The second kappa shape index (κ2) is 6.03.